The number of amides is 1. The highest BCUT2D eigenvalue weighted by molar-refractivity contribution is 5.95. The summed E-state index contributed by atoms with van der Waals surface area (Å²) in [5, 5.41) is 0. The number of hydrogen-bond acceptors (Lipinski definition) is 3. The zero-order chi connectivity index (χ0) is 12.7. The first-order chi connectivity index (χ1) is 8.19. The van der Waals surface area contributed by atoms with Crippen molar-refractivity contribution in [3.8, 4) is 11.5 Å². The van der Waals surface area contributed by atoms with Crippen LogP contribution in [0.15, 0.2) is 18.2 Å². The molecule has 2 N–H and O–H groups in total. The lowest BCUT2D eigenvalue weighted by Crippen LogP contribution is -2.13. The Balaban J connectivity index is 2.75. The van der Waals surface area contributed by atoms with E-state index in [1.54, 1.807) is 25.3 Å². The number of methoxy groups -OCH3 is 1. The van der Waals surface area contributed by atoms with Gasteiger partial charge in [-0.2, -0.15) is 0 Å². The van der Waals surface area contributed by atoms with E-state index in [1.165, 1.54) is 0 Å². The fourth-order valence-corrected chi connectivity index (χ4v) is 1.49. The van der Waals surface area contributed by atoms with Crippen molar-refractivity contribution in [2.45, 2.75) is 26.2 Å². The zero-order valence-electron chi connectivity index (χ0n) is 10.4. The third-order valence-corrected chi connectivity index (χ3v) is 2.46. The van der Waals surface area contributed by atoms with Gasteiger partial charge in [0.15, 0.2) is 0 Å². The van der Waals surface area contributed by atoms with E-state index in [-0.39, 0.29) is 0 Å². The monoisotopic (exact) mass is 237 g/mol. The Morgan fingerprint density at radius 2 is 2.12 bits per heavy atom. The van der Waals surface area contributed by atoms with E-state index in [1.807, 2.05) is 0 Å². The maximum absolute atomic E-state index is 11.2. The number of carbonyl (C=O) groups excluding carboxylic acids is 1. The predicted molar refractivity (Wildman–Crippen MR) is 66.5 cm³/mol. The second-order valence-corrected chi connectivity index (χ2v) is 3.78. The summed E-state index contributed by atoms with van der Waals surface area (Å²) in [6.07, 6.45) is 3.20. The normalized spacial score (nSPS) is 10.0. The van der Waals surface area contributed by atoms with Crippen LogP contribution in [0.1, 0.15) is 36.5 Å². The van der Waals surface area contributed by atoms with Crippen molar-refractivity contribution in [1.29, 1.82) is 0 Å². The molecule has 1 aromatic carbocycles. The summed E-state index contributed by atoms with van der Waals surface area (Å²) in [6.45, 7) is 2.71. The predicted octanol–water partition coefficient (Wildman–Crippen LogP) is 2.36. The van der Waals surface area contributed by atoms with Crippen LogP contribution in [-0.2, 0) is 0 Å². The average molecular weight is 237 g/mol. The molecule has 1 amide bonds. The van der Waals surface area contributed by atoms with Crippen LogP contribution in [0, 0.1) is 0 Å². The van der Waals surface area contributed by atoms with Crippen LogP contribution in [0.25, 0.3) is 0 Å². The molecular formula is C13H19NO3. The number of primary amides is 1. The van der Waals surface area contributed by atoms with Crippen molar-refractivity contribution in [2.24, 2.45) is 5.73 Å². The summed E-state index contributed by atoms with van der Waals surface area (Å²) in [7, 11) is 1.57. The van der Waals surface area contributed by atoms with Crippen LogP contribution in [0.2, 0.25) is 0 Å². The molecule has 94 valence electrons. The molecule has 0 atom stereocenters. The number of benzene rings is 1. The molecule has 0 bridgehead atoms. The van der Waals surface area contributed by atoms with Gasteiger partial charge in [0.05, 0.1) is 19.3 Å². The molecule has 0 aromatic heterocycles. The van der Waals surface area contributed by atoms with E-state index in [0.717, 1.165) is 19.3 Å². The molecule has 1 rings (SSSR count). The highest BCUT2D eigenvalue weighted by Crippen LogP contribution is 2.24. The summed E-state index contributed by atoms with van der Waals surface area (Å²) in [5.41, 5.74) is 5.67. The molecule has 0 saturated heterocycles. The third-order valence-electron chi connectivity index (χ3n) is 2.46. The molecule has 0 radical (unpaired) electrons. The van der Waals surface area contributed by atoms with Crippen LogP contribution < -0.4 is 15.2 Å². The van der Waals surface area contributed by atoms with Gasteiger partial charge < -0.3 is 15.2 Å². The summed E-state index contributed by atoms with van der Waals surface area (Å²) in [5.74, 6) is 0.659. The second-order valence-electron chi connectivity index (χ2n) is 3.78. The molecule has 0 heterocycles. The van der Waals surface area contributed by atoms with Crippen molar-refractivity contribution in [3.05, 3.63) is 23.8 Å². The van der Waals surface area contributed by atoms with E-state index < -0.39 is 5.91 Å². The smallest absolute Gasteiger partial charge is 0.252 e. The van der Waals surface area contributed by atoms with Crippen molar-refractivity contribution in [2.75, 3.05) is 13.7 Å². The Hall–Kier alpha value is -1.71. The molecular weight excluding hydrogens is 218 g/mol. The number of rotatable bonds is 7. The molecule has 17 heavy (non-hydrogen) atoms. The quantitative estimate of drug-likeness (QED) is 0.740. The second kappa shape index (κ2) is 6.78. The van der Waals surface area contributed by atoms with Gasteiger partial charge in [-0.05, 0) is 18.6 Å². The summed E-state index contributed by atoms with van der Waals surface area (Å²) in [6, 6.07) is 5.00. The van der Waals surface area contributed by atoms with Gasteiger partial charge in [0.2, 0.25) is 0 Å². The first-order valence-corrected chi connectivity index (χ1v) is 5.79. The SMILES string of the molecule is CCCCCOc1cc(OC)ccc1C(N)=O. The van der Waals surface area contributed by atoms with E-state index in [0.29, 0.717) is 23.7 Å². The number of ether oxygens (including phenoxy) is 2. The van der Waals surface area contributed by atoms with E-state index in [2.05, 4.69) is 6.92 Å². The summed E-state index contributed by atoms with van der Waals surface area (Å²) in [4.78, 5) is 11.2. The van der Waals surface area contributed by atoms with Crippen LogP contribution in [0.4, 0.5) is 0 Å². The molecule has 0 aliphatic heterocycles. The minimum Gasteiger partial charge on any atom is -0.497 e. The van der Waals surface area contributed by atoms with Gasteiger partial charge in [-0.1, -0.05) is 19.8 Å². The Bertz CT molecular complexity index is 377. The van der Waals surface area contributed by atoms with Gasteiger partial charge in [0.1, 0.15) is 11.5 Å². The number of hydrogen-bond donors (Lipinski definition) is 1. The Morgan fingerprint density at radius 3 is 2.71 bits per heavy atom. The van der Waals surface area contributed by atoms with Crippen molar-refractivity contribution >= 4 is 5.91 Å². The molecule has 0 aliphatic carbocycles. The highest BCUT2D eigenvalue weighted by Gasteiger charge is 2.10. The van der Waals surface area contributed by atoms with Crippen LogP contribution >= 0.6 is 0 Å². The lowest BCUT2D eigenvalue weighted by molar-refractivity contribution is 0.0996. The van der Waals surface area contributed by atoms with Gasteiger partial charge in [-0.3, -0.25) is 4.79 Å². The van der Waals surface area contributed by atoms with Crippen LogP contribution in [0.3, 0.4) is 0 Å². The molecule has 1 aromatic rings. The molecule has 0 saturated carbocycles. The van der Waals surface area contributed by atoms with E-state index >= 15 is 0 Å². The fourth-order valence-electron chi connectivity index (χ4n) is 1.49. The van der Waals surface area contributed by atoms with Crippen LogP contribution in [0.5, 0.6) is 11.5 Å². The standard InChI is InChI=1S/C13H19NO3/c1-3-4-5-8-17-12-9-10(16-2)6-7-11(12)13(14)15/h6-7,9H,3-5,8H2,1-2H3,(H2,14,15). The molecule has 4 heteroatoms. The van der Waals surface area contributed by atoms with Gasteiger partial charge in [0, 0.05) is 6.07 Å². The topological polar surface area (TPSA) is 61.6 Å². The lowest BCUT2D eigenvalue weighted by Gasteiger charge is -2.10. The van der Waals surface area contributed by atoms with E-state index in [4.69, 9.17) is 15.2 Å². The van der Waals surface area contributed by atoms with Crippen molar-refractivity contribution < 1.29 is 14.3 Å². The summed E-state index contributed by atoms with van der Waals surface area (Å²) < 4.78 is 10.6. The average Bonchev–Trinajstić information content (AvgIpc) is 2.34. The third kappa shape index (κ3) is 3.98. The van der Waals surface area contributed by atoms with Gasteiger partial charge in [0.25, 0.3) is 5.91 Å². The Labute approximate surface area is 102 Å². The molecule has 0 fully saturated rings. The van der Waals surface area contributed by atoms with Gasteiger partial charge in [-0.25, -0.2) is 0 Å². The summed E-state index contributed by atoms with van der Waals surface area (Å²) >= 11 is 0. The van der Waals surface area contributed by atoms with E-state index in [9.17, 15) is 4.79 Å². The number of unbranched alkanes of at least 4 members (excludes halogenated alkanes) is 2. The number of carbonyl (C=O) groups is 1. The fraction of sp³-hybridized carbons (Fsp3) is 0.462. The lowest BCUT2D eigenvalue weighted by atomic mass is 10.2. The maximum Gasteiger partial charge on any atom is 0.252 e. The van der Waals surface area contributed by atoms with Crippen molar-refractivity contribution in [3.63, 3.8) is 0 Å². The molecule has 0 spiro atoms. The highest BCUT2D eigenvalue weighted by atomic mass is 16.5. The minimum absolute atomic E-state index is 0.391. The first kappa shape index (κ1) is 13.4. The maximum atomic E-state index is 11.2. The molecule has 4 nitrogen and oxygen atoms in total. The molecule has 0 unspecified atom stereocenters. The number of nitrogens with two attached hydrogens (primary N) is 1. The Morgan fingerprint density at radius 1 is 1.35 bits per heavy atom. The van der Waals surface area contributed by atoms with Gasteiger partial charge >= 0.3 is 0 Å². The first-order valence-electron chi connectivity index (χ1n) is 5.79. The van der Waals surface area contributed by atoms with Crippen molar-refractivity contribution in [1.82, 2.24) is 0 Å². The van der Waals surface area contributed by atoms with Gasteiger partial charge in [-0.15, -0.1) is 0 Å². The molecule has 0 aliphatic rings. The van der Waals surface area contributed by atoms with Crippen LogP contribution in [-0.4, -0.2) is 19.6 Å². The zero-order valence-corrected chi connectivity index (χ0v) is 10.4. The minimum atomic E-state index is -0.488. The Kier molecular flexibility index (Phi) is 5.33. The largest absolute Gasteiger partial charge is 0.497 e.